The number of amides is 2. The van der Waals surface area contributed by atoms with Crippen LogP contribution in [0.5, 0.6) is 17.2 Å². The molecule has 0 saturated heterocycles. The van der Waals surface area contributed by atoms with Crippen LogP contribution in [0.1, 0.15) is 24.1 Å². The molecule has 1 heterocycles. The number of hydrogen-bond acceptors (Lipinski definition) is 8. The number of hydrogen-bond donors (Lipinski definition) is 2. The Bertz CT molecular complexity index is 1170. The molecule has 10 heteroatoms. The van der Waals surface area contributed by atoms with Gasteiger partial charge in [0.2, 0.25) is 0 Å². The van der Waals surface area contributed by atoms with E-state index in [1.54, 1.807) is 56.5 Å². The van der Waals surface area contributed by atoms with Gasteiger partial charge >= 0.3 is 18.0 Å². The number of benzene rings is 2. The molecule has 2 amide bonds. The Morgan fingerprint density at radius 1 is 0.944 bits per heavy atom. The second-order valence-electron chi connectivity index (χ2n) is 7.47. The molecule has 190 valence electrons. The van der Waals surface area contributed by atoms with Crippen molar-refractivity contribution in [3.8, 4) is 17.2 Å². The van der Waals surface area contributed by atoms with E-state index in [1.165, 1.54) is 26.4 Å². The van der Waals surface area contributed by atoms with Gasteiger partial charge in [0.05, 0.1) is 45.2 Å². The van der Waals surface area contributed by atoms with Crippen molar-refractivity contribution in [2.24, 2.45) is 0 Å². The first-order valence-electron chi connectivity index (χ1n) is 11.1. The minimum Gasteiger partial charge on any atom is -0.497 e. The van der Waals surface area contributed by atoms with E-state index in [4.69, 9.17) is 23.7 Å². The standard InChI is InChI=1S/C26H28N2O8/c1-5-35-25(30)23-20(27-26(31)28-24(23)17-7-10-18(32-2)11-8-17)15-36-22(29)13-9-16-6-12-19(33-3)14-21(16)34-4/h6-14,24H,5,15H2,1-4H3,(H2,27,28,31)/b13-9+. The average Bonchev–Trinajstić information content (AvgIpc) is 2.90. The summed E-state index contributed by atoms with van der Waals surface area (Å²) in [5.74, 6) is 0.416. The Kier molecular flexibility index (Phi) is 8.93. The zero-order valence-electron chi connectivity index (χ0n) is 20.5. The van der Waals surface area contributed by atoms with E-state index in [2.05, 4.69) is 10.6 Å². The maximum Gasteiger partial charge on any atom is 0.338 e. The van der Waals surface area contributed by atoms with E-state index in [0.717, 1.165) is 0 Å². The minimum atomic E-state index is -0.809. The fourth-order valence-corrected chi connectivity index (χ4v) is 3.53. The lowest BCUT2D eigenvalue weighted by Crippen LogP contribution is -2.47. The highest BCUT2D eigenvalue weighted by molar-refractivity contribution is 5.95. The van der Waals surface area contributed by atoms with E-state index in [-0.39, 0.29) is 24.5 Å². The Labute approximate surface area is 208 Å². The van der Waals surface area contributed by atoms with Gasteiger partial charge in [-0.1, -0.05) is 12.1 Å². The third kappa shape index (κ3) is 6.35. The predicted octanol–water partition coefficient (Wildman–Crippen LogP) is 3.14. The smallest absolute Gasteiger partial charge is 0.338 e. The first kappa shape index (κ1) is 26.1. The van der Waals surface area contributed by atoms with Gasteiger partial charge in [-0.25, -0.2) is 14.4 Å². The van der Waals surface area contributed by atoms with E-state index in [1.807, 2.05) is 0 Å². The van der Waals surface area contributed by atoms with Gasteiger partial charge in [-0.05, 0) is 42.8 Å². The van der Waals surface area contributed by atoms with Gasteiger partial charge in [0.1, 0.15) is 23.9 Å². The topological polar surface area (TPSA) is 121 Å². The third-order valence-corrected chi connectivity index (χ3v) is 5.30. The second kappa shape index (κ2) is 12.3. The summed E-state index contributed by atoms with van der Waals surface area (Å²) >= 11 is 0. The van der Waals surface area contributed by atoms with Gasteiger partial charge in [0, 0.05) is 17.7 Å². The molecule has 1 aliphatic heterocycles. The quantitative estimate of drug-likeness (QED) is 0.380. The highest BCUT2D eigenvalue weighted by atomic mass is 16.5. The first-order valence-corrected chi connectivity index (χ1v) is 11.1. The summed E-state index contributed by atoms with van der Waals surface area (Å²) in [5, 5.41) is 5.27. The number of esters is 2. The van der Waals surface area contributed by atoms with Crippen molar-refractivity contribution in [3.05, 3.63) is 70.9 Å². The largest absolute Gasteiger partial charge is 0.497 e. The molecule has 1 atom stereocenters. The Balaban J connectivity index is 1.83. The number of ether oxygens (including phenoxy) is 5. The summed E-state index contributed by atoms with van der Waals surface area (Å²) < 4.78 is 26.2. The van der Waals surface area contributed by atoms with Gasteiger partial charge in [0.25, 0.3) is 0 Å². The van der Waals surface area contributed by atoms with Crippen molar-refractivity contribution in [2.75, 3.05) is 34.5 Å². The minimum absolute atomic E-state index is 0.127. The monoisotopic (exact) mass is 496 g/mol. The molecule has 3 rings (SSSR count). The zero-order chi connectivity index (χ0) is 26.1. The van der Waals surface area contributed by atoms with Crippen LogP contribution in [-0.4, -0.2) is 52.5 Å². The van der Waals surface area contributed by atoms with Crippen molar-refractivity contribution in [1.82, 2.24) is 10.6 Å². The summed E-state index contributed by atoms with van der Waals surface area (Å²) in [7, 11) is 4.59. The van der Waals surface area contributed by atoms with Crippen LogP contribution in [0, 0.1) is 0 Å². The van der Waals surface area contributed by atoms with Crippen LogP contribution in [0.2, 0.25) is 0 Å². The highest BCUT2D eigenvalue weighted by Crippen LogP contribution is 2.29. The highest BCUT2D eigenvalue weighted by Gasteiger charge is 2.34. The third-order valence-electron chi connectivity index (χ3n) is 5.30. The number of nitrogens with one attached hydrogen (secondary N) is 2. The Morgan fingerprint density at radius 3 is 2.28 bits per heavy atom. The summed E-state index contributed by atoms with van der Waals surface area (Å²) in [5.41, 5.74) is 1.53. The van der Waals surface area contributed by atoms with Crippen LogP contribution in [0.4, 0.5) is 4.79 Å². The predicted molar refractivity (Wildman–Crippen MR) is 131 cm³/mol. The molecule has 0 saturated carbocycles. The van der Waals surface area contributed by atoms with E-state index >= 15 is 0 Å². The molecule has 1 unspecified atom stereocenters. The average molecular weight is 497 g/mol. The molecule has 0 aromatic heterocycles. The van der Waals surface area contributed by atoms with Crippen molar-refractivity contribution in [1.29, 1.82) is 0 Å². The SMILES string of the molecule is CCOC(=O)C1=C(COC(=O)/C=C/c2ccc(OC)cc2OC)NC(=O)NC1c1ccc(OC)cc1. The zero-order valence-corrected chi connectivity index (χ0v) is 20.5. The molecule has 2 N–H and O–H groups in total. The van der Waals surface area contributed by atoms with Crippen LogP contribution in [0.25, 0.3) is 6.08 Å². The molecule has 2 aromatic rings. The van der Waals surface area contributed by atoms with Crippen LogP contribution in [0.15, 0.2) is 59.8 Å². The summed E-state index contributed by atoms with van der Waals surface area (Å²) in [6.07, 6.45) is 2.75. The van der Waals surface area contributed by atoms with Gasteiger partial charge in [-0.3, -0.25) is 0 Å². The molecular weight excluding hydrogens is 468 g/mol. The van der Waals surface area contributed by atoms with E-state index in [0.29, 0.717) is 28.4 Å². The normalized spacial score (nSPS) is 15.1. The lowest BCUT2D eigenvalue weighted by atomic mass is 9.95. The number of methoxy groups -OCH3 is 3. The Hall–Kier alpha value is -4.47. The number of carbonyl (C=O) groups excluding carboxylic acids is 3. The van der Waals surface area contributed by atoms with Crippen LogP contribution < -0.4 is 24.8 Å². The molecule has 1 aliphatic rings. The van der Waals surface area contributed by atoms with E-state index in [9.17, 15) is 14.4 Å². The molecule has 2 aromatic carbocycles. The number of rotatable bonds is 10. The number of urea groups is 1. The van der Waals surface area contributed by atoms with Crippen molar-refractivity contribution < 1.29 is 38.1 Å². The van der Waals surface area contributed by atoms with Gasteiger partial charge < -0.3 is 34.3 Å². The summed E-state index contributed by atoms with van der Waals surface area (Å²) in [6.45, 7) is 1.45. The molecule has 0 fully saturated rings. The van der Waals surface area contributed by atoms with Crippen molar-refractivity contribution in [2.45, 2.75) is 13.0 Å². The van der Waals surface area contributed by atoms with Crippen molar-refractivity contribution >= 4 is 24.0 Å². The fourth-order valence-electron chi connectivity index (χ4n) is 3.53. The lowest BCUT2D eigenvalue weighted by molar-refractivity contribution is -0.140. The molecule has 36 heavy (non-hydrogen) atoms. The molecular formula is C26H28N2O8. The van der Waals surface area contributed by atoms with Crippen LogP contribution >= 0.6 is 0 Å². The first-order chi connectivity index (χ1) is 17.4. The number of carbonyl (C=O) groups is 3. The van der Waals surface area contributed by atoms with Crippen LogP contribution in [0.3, 0.4) is 0 Å². The summed E-state index contributed by atoms with van der Waals surface area (Å²) in [6, 6.07) is 10.7. The molecule has 0 spiro atoms. The lowest BCUT2D eigenvalue weighted by Gasteiger charge is -2.29. The maximum absolute atomic E-state index is 12.8. The van der Waals surface area contributed by atoms with E-state index < -0.39 is 24.0 Å². The second-order valence-corrected chi connectivity index (χ2v) is 7.47. The summed E-state index contributed by atoms with van der Waals surface area (Å²) in [4.78, 5) is 37.6. The Morgan fingerprint density at radius 2 is 1.64 bits per heavy atom. The van der Waals surface area contributed by atoms with Gasteiger partial charge in [-0.15, -0.1) is 0 Å². The van der Waals surface area contributed by atoms with Crippen LogP contribution in [-0.2, 0) is 19.1 Å². The molecule has 10 nitrogen and oxygen atoms in total. The van der Waals surface area contributed by atoms with Crippen molar-refractivity contribution in [3.63, 3.8) is 0 Å². The molecule has 0 bridgehead atoms. The van der Waals surface area contributed by atoms with Gasteiger partial charge in [0.15, 0.2) is 0 Å². The van der Waals surface area contributed by atoms with Gasteiger partial charge in [-0.2, -0.15) is 0 Å². The maximum atomic E-state index is 12.8. The molecule has 0 aliphatic carbocycles. The molecule has 0 radical (unpaired) electrons. The fraction of sp³-hybridized carbons (Fsp3) is 0.269.